The third-order valence-corrected chi connectivity index (χ3v) is 2.43. The highest BCUT2D eigenvalue weighted by Crippen LogP contribution is 2.00. The van der Waals surface area contributed by atoms with Gasteiger partial charge >= 0.3 is 0 Å². The molecule has 18 heavy (non-hydrogen) atoms. The second-order valence-electron chi connectivity index (χ2n) is 3.89. The van der Waals surface area contributed by atoms with Crippen LogP contribution >= 0.6 is 0 Å². The second-order valence-corrected chi connectivity index (χ2v) is 3.89. The first kappa shape index (κ1) is 12.2. The molecular formula is C11H16N6O. The van der Waals surface area contributed by atoms with Gasteiger partial charge in [-0.25, -0.2) is 4.98 Å². The Hall–Kier alpha value is -2.31. The predicted molar refractivity (Wildman–Crippen MR) is 69.4 cm³/mol. The molecule has 0 atom stereocenters. The molecule has 0 unspecified atom stereocenters. The van der Waals surface area contributed by atoms with Crippen LogP contribution in [0.25, 0.3) is 0 Å². The van der Waals surface area contributed by atoms with Crippen molar-refractivity contribution in [1.82, 2.24) is 19.7 Å². The first-order valence-electron chi connectivity index (χ1n) is 5.79. The molecule has 0 amide bonds. The number of nitrogen functional groups attached to an aromatic ring is 1. The normalized spacial score (nSPS) is 10.5. The van der Waals surface area contributed by atoms with Crippen LogP contribution in [-0.2, 0) is 13.0 Å². The van der Waals surface area contributed by atoms with Crippen molar-refractivity contribution < 1.29 is 0 Å². The highest BCUT2D eigenvalue weighted by molar-refractivity contribution is 5.33. The van der Waals surface area contributed by atoms with Crippen LogP contribution in [0.2, 0.25) is 0 Å². The van der Waals surface area contributed by atoms with Gasteiger partial charge in [-0.15, -0.1) is 0 Å². The van der Waals surface area contributed by atoms with Crippen LogP contribution in [0.4, 0.5) is 11.5 Å². The van der Waals surface area contributed by atoms with Crippen molar-refractivity contribution in [2.24, 2.45) is 0 Å². The average Bonchev–Trinajstić information content (AvgIpc) is 2.74. The molecule has 7 nitrogen and oxygen atoms in total. The van der Waals surface area contributed by atoms with Crippen molar-refractivity contribution in [3.63, 3.8) is 0 Å². The lowest BCUT2D eigenvalue weighted by Gasteiger charge is -2.06. The van der Waals surface area contributed by atoms with E-state index < -0.39 is 0 Å². The summed E-state index contributed by atoms with van der Waals surface area (Å²) >= 11 is 0. The Bertz CT molecular complexity index is 573. The van der Waals surface area contributed by atoms with Crippen LogP contribution in [-0.4, -0.2) is 26.3 Å². The van der Waals surface area contributed by atoms with Gasteiger partial charge < -0.3 is 16.0 Å². The van der Waals surface area contributed by atoms with E-state index in [-0.39, 0.29) is 5.56 Å². The van der Waals surface area contributed by atoms with E-state index in [1.807, 2.05) is 6.92 Å². The zero-order chi connectivity index (χ0) is 13.0. The summed E-state index contributed by atoms with van der Waals surface area (Å²) in [6.45, 7) is 3.22. The molecule has 7 heteroatoms. The molecule has 0 radical (unpaired) electrons. The molecule has 4 N–H and O–H groups in total. The monoisotopic (exact) mass is 248 g/mol. The van der Waals surface area contributed by atoms with Crippen molar-refractivity contribution in [3.8, 4) is 0 Å². The smallest absolute Gasteiger partial charge is 0.252 e. The van der Waals surface area contributed by atoms with Crippen molar-refractivity contribution in [2.75, 3.05) is 17.6 Å². The number of aromatic amines is 1. The number of hydrogen-bond acceptors (Lipinski definition) is 5. The Morgan fingerprint density at radius 2 is 2.39 bits per heavy atom. The SMILES string of the molecule is CCc1nc(NCCn2cc(N)cn2)cc(=O)[nH]1. The van der Waals surface area contributed by atoms with Crippen LogP contribution in [0.15, 0.2) is 23.3 Å². The van der Waals surface area contributed by atoms with Crippen LogP contribution in [0.1, 0.15) is 12.7 Å². The molecule has 2 rings (SSSR count). The van der Waals surface area contributed by atoms with Gasteiger partial charge in [-0.2, -0.15) is 5.10 Å². The zero-order valence-electron chi connectivity index (χ0n) is 10.2. The molecule has 0 aliphatic rings. The Kier molecular flexibility index (Phi) is 3.61. The summed E-state index contributed by atoms with van der Waals surface area (Å²) in [4.78, 5) is 18.3. The van der Waals surface area contributed by atoms with Gasteiger partial charge in [0.1, 0.15) is 11.6 Å². The minimum atomic E-state index is -0.146. The van der Waals surface area contributed by atoms with Crippen LogP contribution in [0.3, 0.4) is 0 Å². The fourth-order valence-electron chi connectivity index (χ4n) is 1.57. The summed E-state index contributed by atoms with van der Waals surface area (Å²) in [5.41, 5.74) is 6.05. The van der Waals surface area contributed by atoms with Gasteiger partial charge in [0, 0.05) is 25.2 Å². The number of aromatic nitrogens is 4. The predicted octanol–water partition coefficient (Wildman–Crippen LogP) is 0.223. The third-order valence-electron chi connectivity index (χ3n) is 2.43. The minimum Gasteiger partial charge on any atom is -0.396 e. The average molecular weight is 248 g/mol. The number of hydrogen-bond donors (Lipinski definition) is 3. The van der Waals surface area contributed by atoms with E-state index in [4.69, 9.17) is 5.73 Å². The van der Waals surface area contributed by atoms with E-state index in [1.165, 1.54) is 6.07 Å². The summed E-state index contributed by atoms with van der Waals surface area (Å²) in [5, 5.41) is 7.15. The second kappa shape index (κ2) is 5.35. The lowest BCUT2D eigenvalue weighted by molar-refractivity contribution is 0.637. The largest absolute Gasteiger partial charge is 0.396 e. The van der Waals surface area contributed by atoms with Gasteiger partial charge in [0.25, 0.3) is 5.56 Å². The van der Waals surface area contributed by atoms with E-state index in [0.29, 0.717) is 36.8 Å². The van der Waals surface area contributed by atoms with Crippen LogP contribution < -0.4 is 16.6 Å². The maximum Gasteiger partial charge on any atom is 0.252 e. The van der Waals surface area contributed by atoms with Gasteiger partial charge in [0.05, 0.1) is 18.4 Å². The molecule has 0 aliphatic heterocycles. The fourth-order valence-corrected chi connectivity index (χ4v) is 1.57. The molecule has 0 saturated carbocycles. The topological polar surface area (TPSA) is 102 Å². The summed E-state index contributed by atoms with van der Waals surface area (Å²) in [6.07, 6.45) is 4.05. The van der Waals surface area contributed by atoms with E-state index in [2.05, 4.69) is 20.4 Å². The fraction of sp³-hybridized carbons (Fsp3) is 0.364. The number of H-pyrrole nitrogens is 1. The summed E-state index contributed by atoms with van der Waals surface area (Å²) in [7, 11) is 0. The van der Waals surface area contributed by atoms with E-state index in [1.54, 1.807) is 17.1 Å². The zero-order valence-corrected chi connectivity index (χ0v) is 10.2. The molecule has 0 bridgehead atoms. The summed E-state index contributed by atoms with van der Waals surface area (Å²) in [6, 6.07) is 1.44. The van der Waals surface area contributed by atoms with Crippen LogP contribution in [0, 0.1) is 0 Å². The highest BCUT2D eigenvalue weighted by Gasteiger charge is 1.99. The molecule has 0 aliphatic carbocycles. The Balaban J connectivity index is 1.94. The van der Waals surface area contributed by atoms with E-state index >= 15 is 0 Å². The molecule has 0 spiro atoms. The molecular weight excluding hydrogens is 232 g/mol. The Morgan fingerprint density at radius 1 is 1.56 bits per heavy atom. The number of nitrogens with one attached hydrogen (secondary N) is 2. The Morgan fingerprint density at radius 3 is 3.06 bits per heavy atom. The lowest BCUT2D eigenvalue weighted by atomic mass is 10.4. The third kappa shape index (κ3) is 3.09. The quantitative estimate of drug-likeness (QED) is 0.702. The number of aryl methyl sites for hydroxylation is 1. The summed E-state index contributed by atoms with van der Waals surface area (Å²) < 4.78 is 1.73. The summed E-state index contributed by atoms with van der Waals surface area (Å²) in [5.74, 6) is 1.25. The van der Waals surface area contributed by atoms with Crippen molar-refractivity contribution in [2.45, 2.75) is 19.9 Å². The first-order valence-corrected chi connectivity index (χ1v) is 5.79. The number of anilines is 2. The lowest BCUT2D eigenvalue weighted by Crippen LogP contribution is -2.16. The van der Waals surface area contributed by atoms with E-state index in [0.717, 1.165) is 0 Å². The molecule has 2 heterocycles. The number of rotatable bonds is 5. The molecule has 0 fully saturated rings. The maximum absolute atomic E-state index is 11.3. The maximum atomic E-state index is 11.3. The van der Waals surface area contributed by atoms with Gasteiger partial charge in [-0.1, -0.05) is 6.92 Å². The van der Waals surface area contributed by atoms with E-state index in [9.17, 15) is 4.79 Å². The molecule has 2 aromatic rings. The number of nitrogens with two attached hydrogens (primary N) is 1. The number of nitrogens with zero attached hydrogens (tertiary/aromatic N) is 3. The van der Waals surface area contributed by atoms with Gasteiger partial charge in [-0.3, -0.25) is 9.48 Å². The molecule has 0 aromatic carbocycles. The van der Waals surface area contributed by atoms with Gasteiger partial charge in [-0.05, 0) is 0 Å². The first-order chi connectivity index (χ1) is 8.67. The minimum absolute atomic E-state index is 0.146. The highest BCUT2D eigenvalue weighted by atomic mass is 16.1. The molecule has 0 saturated heterocycles. The molecule has 96 valence electrons. The van der Waals surface area contributed by atoms with Crippen molar-refractivity contribution in [1.29, 1.82) is 0 Å². The van der Waals surface area contributed by atoms with Gasteiger partial charge in [0.2, 0.25) is 0 Å². The van der Waals surface area contributed by atoms with Crippen molar-refractivity contribution in [3.05, 3.63) is 34.6 Å². The Labute approximate surface area is 104 Å². The standard InChI is InChI=1S/C11H16N6O/c1-2-9-15-10(5-11(18)16-9)13-3-4-17-7-8(12)6-14-17/h5-7H,2-4,12H2,1H3,(H2,13,15,16,18). The molecule has 2 aromatic heterocycles. The van der Waals surface area contributed by atoms with Gasteiger partial charge in [0.15, 0.2) is 0 Å². The van der Waals surface area contributed by atoms with Crippen LogP contribution in [0.5, 0.6) is 0 Å². The van der Waals surface area contributed by atoms with Crippen molar-refractivity contribution >= 4 is 11.5 Å².